The molecule has 1 saturated carbocycles. The maximum Gasteiger partial charge on any atom is 0.0640 e. The zero-order valence-corrected chi connectivity index (χ0v) is 12.3. The molecule has 100 valence electrons. The van der Waals surface area contributed by atoms with Crippen LogP contribution in [0.2, 0.25) is 10.0 Å². The summed E-state index contributed by atoms with van der Waals surface area (Å²) in [5, 5.41) is 1.23. The largest absolute Gasteiger partial charge is 0.324 e. The fourth-order valence-electron chi connectivity index (χ4n) is 3.06. The topological polar surface area (TPSA) is 26.0 Å². The summed E-state index contributed by atoms with van der Waals surface area (Å²) in [6, 6.07) is 5.78. The summed E-state index contributed by atoms with van der Waals surface area (Å²) in [5.41, 5.74) is 7.42. The van der Waals surface area contributed by atoms with Gasteiger partial charge in [-0.1, -0.05) is 61.5 Å². The van der Waals surface area contributed by atoms with Crippen molar-refractivity contribution in [2.45, 2.75) is 45.1 Å². The maximum absolute atomic E-state index is 6.41. The third-order valence-corrected chi connectivity index (χ3v) is 5.08. The first-order chi connectivity index (χ1) is 8.63. The second-order valence-electron chi connectivity index (χ2n) is 5.37. The number of rotatable bonds is 3. The Hall–Kier alpha value is -0.240. The third kappa shape index (κ3) is 3.01. The molecule has 1 nitrogen and oxygen atoms in total. The normalized spacial score (nSPS) is 26.0. The lowest BCUT2D eigenvalue weighted by Gasteiger charge is -2.33. The van der Waals surface area contributed by atoms with Crippen LogP contribution in [-0.2, 0) is 0 Å². The molecule has 0 saturated heterocycles. The summed E-state index contributed by atoms with van der Waals surface area (Å²) in [7, 11) is 0. The summed E-state index contributed by atoms with van der Waals surface area (Å²) in [6.45, 7) is 2.27. The summed E-state index contributed by atoms with van der Waals surface area (Å²) in [4.78, 5) is 0. The summed E-state index contributed by atoms with van der Waals surface area (Å²) >= 11 is 12.3. The van der Waals surface area contributed by atoms with Gasteiger partial charge in [-0.3, -0.25) is 0 Å². The number of hydrogen-bond acceptors (Lipinski definition) is 1. The van der Waals surface area contributed by atoms with Gasteiger partial charge in [0.05, 0.1) is 10.0 Å². The number of hydrogen-bond donors (Lipinski definition) is 1. The van der Waals surface area contributed by atoms with E-state index in [2.05, 4.69) is 6.92 Å². The molecule has 1 aliphatic carbocycles. The average Bonchev–Trinajstić information content (AvgIpc) is 2.41. The van der Waals surface area contributed by atoms with Crippen LogP contribution in [0.3, 0.4) is 0 Å². The van der Waals surface area contributed by atoms with Crippen molar-refractivity contribution < 1.29 is 0 Å². The van der Waals surface area contributed by atoms with Crippen molar-refractivity contribution in [3.63, 3.8) is 0 Å². The van der Waals surface area contributed by atoms with Gasteiger partial charge >= 0.3 is 0 Å². The molecular formula is C15H21Cl2N. The molecule has 3 heteroatoms. The summed E-state index contributed by atoms with van der Waals surface area (Å²) < 4.78 is 0. The van der Waals surface area contributed by atoms with Crippen LogP contribution in [-0.4, -0.2) is 0 Å². The fraction of sp³-hybridized carbons (Fsp3) is 0.600. The standard InChI is InChI=1S/C15H21Cl2N/c1-2-10-5-3-6-11(9-10)15(18)12-7-4-8-13(16)14(12)17/h4,7-8,10-11,15H,2-3,5-6,9,18H2,1H3. The van der Waals surface area contributed by atoms with E-state index in [1.54, 1.807) is 0 Å². The fourth-order valence-corrected chi connectivity index (χ4v) is 3.50. The molecule has 2 N–H and O–H groups in total. The highest BCUT2D eigenvalue weighted by atomic mass is 35.5. The molecule has 1 fully saturated rings. The van der Waals surface area contributed by atoms with Gasteiger partial charge in [0.2, 0.25) is 0 Å². The molecule has 1 aromatic carbocycles. The molecule has 18 heavy (non-hydrogen) atoms. The SMILES string of the molecule is CCC1CCCC(C(N)c2cccc(Cl)c2Cl)C1. The van der Waals surface area contributed by atoms with Gasteiger partial charge in [0.15, 0.2) is 0 Å². The lowest BCUT2D eigenvalue weighted by atomic mass is 9.75. The highest BCUT2D eigenvalue weighted by Crippen LogP contribution is 2.40. The summed E-state index contributed by atoms with van der Waals surface area (Å²) in [6.07, 6.45) is 6.32. The highest BCUT2D eigenvalue weighted by molar-refractivity contribution is 6.42. The molecule has 0 amide bonds. The minimum absolute atomic E-state index is 0.0190. The minimum atomic E-state index is 0.0190. The predicted octanol–water partition coefficient (Wildman–Crippen LogP) is 5.21. The molecule has 0 spiro atoms. The Morgan fingerprint density at radius 2 is 2.11 bits per heavy atom. The van der Waals surface area contributed by atoms with Gasteiger partial charge in [0.1, 0.15) is 0 Å². The molecule has 1 aliphatic rings. The second-order valence-corrected chi connectivity index (χ2v) is 6.15. The summed E-state index contributed by atoms with van der Waals surface area (Å²) in [5.74, 6) is 1.37. The van der Waals surface area contributed by atoms with Crippen molar-refractivity contribution >= 4 is 23.2 Å². The predicted molar refractivity (Wildman–Crippen MR) is 79.1 cm³/mol. The van der Waals surface area contributed by atoms with Crippen LogP contribution in [0.15, 0.2) is 18.2 Å². The number of halogens is 2. The van der Waals surface area contributed by atoms with Gasteiger partial charge < -0.3 is 5.73 Å². The molecule has 0 heterocycles. The lowest BCUT2D eigenvalue weighted by molar-refractivity contribution is 0.230. The van der Waals surface area contributed by atoms with Crippen molar-refractivity contribution in [2.24, 2.45) is 17.6 Å². The van der Waals surface area contributed by atoms with Gasteiger partial charge in [-0.15, -0.1) is 0 Å². The van der Waals surface area contributed by atoms with Crippen molar-refractivity contribution in [1.82, 2.24) is 0 Å². The van der Waals surface area contributed by atoms with Gasteiger partial charge in [0.25, 0.3) is 0 Å². The Labute approximate surface area is 120 Å². The van der Waals surface area contributed by atoms with Crippen LogP contribution in [0.5, 0.6) is 0 Å². The maximum atomic E-state index is 6.41. The van der Waals surface area contributed by atoms with E-state index in [9.17, 15) is 0 Å². The Kier molecular flexibility index (Phi) is 4.94. The van der Waals surface area contributed by atoms with Gasteiger partial charge in [-0.2, -0.15) is 0 Å². The molecule has 3 unspecified atom stereocenters. The Morgan fingerprint density at radius 3 is 2.83 bits per heavy atom. The first-order valence-electron chi connectivity index (χ1n) is 6.83. The van der Waals surface area contributed by atoms with Crippen molar-refractivity contribution in [1.29, 1.82) is 0 Å². The Balaban J connectivity index is 2.15. The van der Waals surface area contributed by atoms with Crippen molar-refractivity contribution in [3.8, 4) is 0 Å². The minimum Gasteiger partial charge on any atom is -0.324 e. The van der Waals surface area contributed by atoms with E-state index in [0.717, 1.165) is 11.5 Å². The van der Waals surface area contributed by atoms with Crippen molar-refractivity contribution in [2.75, 3.05) is 0 Å². The zero-order chi connectivity index (χ0) is 13.1. The van der Waals surface area contributed by atoms with E-state index < -0.39 is 0 Å². The van der Waals surface area contributed by atoms with Crippen LogP contribution >= 0.6 is 23.2 Å². The monoisotopic (exact) mass is 285 g/mol. The average molecular weight is 286 g/mol. The van der Waals surface area contributed by atoms with Crippen LogP contribution in [0.1, 0.15) is 50.6 Å². The molecule has 0 aliphatic heterocycles. The molecule has 1 aromatic rings. The number of nitrogens with two attached hydrogens (primary N) is 1. The van der Waals surface area contributed by atoms with E-state index in [4.69, 9.17) is 28.9 Å². The first-order valence-corrected chi connectivity index (χ1v) is 7.58. The van der Waals surface area contributed by atoms with Crippen LogP contribution in [0.4, 0.5) is 0 Å². The third-order valence-electron chi connectivity index (χ3n) is 4.25. The van der Waals surface area contributed by atoms with E-state index in [1.807, 2.05) is 18.2 Å². The van der Waals surface area contributed by atoms with Gasteiger partial charge in [0, 0.05) is 6.04 Å². The van der Waals surface area contributed by atoms with Crippen LogP contribution < -0.4 is 5.73 Å². The molecular weight excluding hydrogens is 265 g/mol. The zero-order valence-electron chi connectivity index (χ0n) is 10.8. The van der Waals surface area contributed by atoms with E-state index in [1.165, 1.54) is 32.1 Å². The second kappa shape index (κ2) is 6.27. The molecule has 0 radical (unpaired) electrons. The quantitative estimate of drug-likeness (QED) is 0.811. The van der Waals surface area contributed by atoms with Crippen LogP contribution in [0, 0.1) is 11.8 Å². The van der Waals surface area contributed by atoms with Crippen molar-refractivity contribution in [3.05, 3.63) is 33.8 Å². The number of benzene rings is 1. The Bertz CT molecular complexity index is 405. The Morgan fingerprint density at radius 1 is 1.33 bits per heavy atom. The van der Waals surface area contributed by atoms with E-state index in [-0.39, 0.29) is 6.04 Å². The van der Waals surface area contributed by atoms with E-state index in [0.29, 0.717) is 16.0 Å². The highest BCUT2D eigenvalue weighted by Gasteiger charge is 2.27. The first kappa shape index (κ1) is 14.2. The van der Waals surface area contributed by atoms with Gasteiger partial charge in [-0.25, -0.2) is 0 Å². The molecule has 3 atom stereocenters. The van der Waals surface area contributed by atoms with E-state index >= 15 is 0 Å². The molecule has 0 aromatic heterocycles. The lowest BCUT2D eigenvalue weighted by Crippen LogP contribution is -2.27. The molecule has 0 bridgehead atoms. The van der Waals surface area contributed by atoms with Crippen LogP contribution in [0.25, 0.3) is 0 Å². The smallest absolute Gasteiger partial charge is 0.0640 e. The molecule has 2 rings (SSSR count). The van der Waals surface area contributed by atoms with Gasteiger partial charge in [-0.05, 0) is 36.3 Å².